The van der Waals surface area contributed by atoms with Gasteiger partial charge in [-0.2, -0.15) is 0 Å². The van der Waals surface area contributed by atoms with Crippen molar-refractivity contribution in [1.29, 1.82) is 0 Å². The number of carbonyl (C=O) groups excluding carboxylic acids is 1. The van der Waals surface area contributed by atoms with Gasteiger partial charge in [-0.1, -0.05) is 43.3 Å². The van der Waals surface area contributed by atoms with E-state index in [9.17, 15) is 14.5 Å². The molecule has 0 aromatic heterocycles. The second kappa shape index (κ2) is 9.96. The average molecular weight is 460 g/mol. The lowest BCUT2D eigenvalue weighted by Crippen LogP contribution is -2.24. The normalized spacial score (nSPS) is 17.1. The predicted octanol–water partition coefficient (Wildman–Crippen LogP) is 5.63. The van der Waals surface area contributed by atoms with Crippen LogP contribution in [-0.4, -0.2) is 35.4 Å². The van der Waals surface area contributed by atoms with Crippen LogP contribution in [0.5, 0.6) is 0 Å². The fourth-order valence-corrected chi connectivity index (χ4v) is 5.82. The number of ketones is 1. The lowest BCUT2D eigenvalue weighted by Gasteiger charge is -2.24. The fraction of sp³-hybridized carbons (Fsp3) is 0.304. The highest BCUT2D eigenvalue weighted by Gasteiger charge is 2.35. The highest BCUT2D eigenvalue weighted by molar-refractivity contribution is 8.14. The van der Waals surface area contributed by atoms with Crippen LogP contribution in [0.2, 0.25) is 0 Å². The number of hydrogen-bond donors (Lipinski definition) is 1. The van der Waals surface area contributed by atoms with E-state index < -0.39 is 13.5 Å². The maximum atomic E-state index is 13.4. The van der Waals surface area contributed by atoms with E-state index in [2.05, 4.69) is 4.99 Å². The maximum absolute atomic E-state index is 13.4. The first-order valence-corrected chi connectivity index (χ1v) is 12.8. The van der Waals surface area contributed by atoms with E-state index in [-0.39, 0.29) is 30.3 Å². The van der Waals surface area contributed by atoms with Crippen LogP contribution in [0.1, 0.15) is 37.8 Å². The topological polar surface area (TPSA) is 85.2 Å². The molecule has 1 aliphatic carbocycles. The zero-order chi connectivity index (χ0) is 22.6. The van der Waals surface area contributed by atoms with Crippen molar-refractivity contribution in [2.45, 2.75) is 26.7 Å². The van der Waals surface area contributed by atoms with E-state index >= 15 is 0 Å². The molecule has 0 aliphatic heterocycles. The van der Waals surface area contributed by atoms with Crippen LogP contribution in [0.3, 0.4) is 0 Å². The first kappa shape index (κ1) is 23.5. The first-order chi connectivity index (χ1) is 14.9. The fourth-order valence-electron chi connectivity index (χ4n) is 3.53. The molecule has 0 heterocycles. The Morgan fingerprint density at radius 3 is 2.35 bits per heavy atom. The molecule has 1 aliphatic rings. The van der Waals surface area contributed by atoms with Gasteiger partial charge in [0.05, 0.1) is 29.8 Å². The van der Waals surface area contributed by atoms with Crippen molar-refractivity contribution in [1.82, 2.24) is 0 Å². The molecule has 2 aromatic carbocycles. The molecule has 6 nitrogen and oxygen atoms in total. The minimum Gasteiger partial charge on any atom is -0.506 e. The largest absolute Gasteiger partial charge is 0.506 e. The number of aliphatic imine (C=N–C) groups is 1. The van der Waals surface area contributed by atoms with Gasteiger partial charge in [-0.15, -0.1) is 11.8 Å². The number of rotatable bonds is 7. The summed E-state index contributed by atoms with van der Waals surface area (Å²) in [5.41, 5.74) is 1.94. The van der Waals surface area contributed by atoms with E-state index in [0.29, 0.717) is 21.6 Å². The third-order valence-electron chi connectivity index (χ3n) is 4.96. The molecule has 8 heteroatoms. The lowest BCUT2D eigenvalue weighted by atomic mass is 9.82. The Labute approximate surface area is 186 Å². The number of fused-ring (bicyclic) bond motifs is 1. The summed E-state index contributed by atoms with van der Waals surface area (Å²) in [4.78, 5) is 17.8. The number of nitrogens with zero attached hydrogens (tertiary/aromatic N) is 1. The van der Waals surface area contributed by atoms with Gasteiger partial charge in [0.1, 0.15) is 10.8 Å². The Balaban J connectivity index is 2.18. The van der Waals surface area contributed by atoms with Crippen LogP contribution in [0, 0.1) is 0 Å². The van der Waals surface area contributed by atoms with Crippen LogP contribution in [0.4, 0.5) is 5.69 Å². The lowest BCUT2D eigenvalue weighted by molar-refractivity contribution is -0.116. The number of hydrogen-bond acceptors (Lipinski definition) is 7. The van der Waals surface area contributed by atoms with Crippen LogP contribution in [0.15, 0.2) is 59.1 Å². The molecule has 1 N–H and O–H groups in total. The Hall–Kier alpha value is -2.18. The quantitative estimate of drug-likeness (QED) is 0.328. The minimum atomic E-state index is -3.59. The van der Waals surface area contributed by atoms with Crippen molar-refractivity contribution in [3.63, 3.8) is 0 Å². The zero-order valence-corrected chi connectivity index (χ0v) is 19.7. The summed E-state index contributed by atoms with van der Waals surface area (Å²) < 4.78 is 24.4. The molecule has 0 radical (unpaired) electrons. The van der Waals surface area contributed by atoms with Crippen molar-refractivity contribution < 1.29 is 23.5 Å². The number of benzene rings is 2. The Kier molecular flexibility index (Phi) is 7.55. The third-order valence-corrected chi connectivity index (χ3v) is 7.81. The molecule has 1 atom stereocenters. The van der Waals surface area contributed by atoms with Gasteiger partial charge in [0.2, 0.25) is 0 Å². The molecule has 0 spiro atoms. The summed E-state index contributed by atoms with van der Waals surface area (Å²) >= 11 is 1.24. The molecule has 31 heavy (non-hydrogen) atoms. The number of para-hydroxylation sites is 1. The van der Waals surface area contributed by atoms with Gasteiger partial charge in [0.15, 0.2) is 5.78 Å². The van der Waals surface area contributed by atoms with Crippen LogP contribution in [0.25, 0.3) is 5.76 Å². The van der Waals surface area contributed by atoms with Gasteiger partial charge in [0.25, 0.3) is 0 Å². The number of thioether (sulfide) groups is 1. The van der Waals surface area contributed by atoms with Crippen LogP contribution >= 0.6 is 19.4 Å². The summed E-state index contributed by atoms with van der Waals surface area (Å²) in [7, 11) is -3.59. The minimum absolute atomic E-state index is 0.0953. The number of carbonyl (C=O) groups is 1. The van der Waals surface area contributed by atoms with Gasteiger partial charge in [0, 0.05) is 11.5 Å². The molecule has 3 rings (SSSR count). The third kappa shape index (κ3) is 4.55. The van der Waals surface area contributed by atoms with Crippen LogP contribution in [-0.2, 0) is 18.4 Å². The summed E-state index contributed by atoms with van der Waals surface area (Å²) in [5, 5.41) is 11.6. The maximum Gasteiger partial charge on any atom is 0.363 e. The molecule has 0 amide bonds. The summed E-state index contributed by atoms with van der Waals surface area (Å²) in [6.45, 7) is 5.73. The first-order valence-electron chi connectivity index (χ1n) is 10.1. The molecular formula is C23H26NO5PS. The Bertz CT molecular complexity index is 1080. The Morgan fingerprint density at radius 2 is 1.71 bits per heavy atom. The molecule has 0 saturated carbocycles. The molecular weight excluding hydrogens is 433 g/mol. The predicted molar refractivity (Wildman–Crippen MR) is 127 cm³/mol. The number of aliphatic hydroxyl groups excluding tert-OH is 1. The highest BCUT2D eigenvalue weighted by atomic mass is 32.2. The number of Topliss-reactive ketones (excluding diaryl/α,β-unsaturated/α-hetero) is 1. The van der Waals surface area contributed by atoms with Gasteiger partial charge in [-0.3, -0.25) is 9.36 Å². The average Bonchev–Trinajstić information content (AvgIpc) is 2.77. The second-order valence-electron chi connectivity index (χ2n) is 6.84. The van der Waals surface area contributed by atoms with E-state index in [4.69, 9.17) is 9.05 Å². The van der Waals surface area contributed by atoms with Crippen LogP contribution < -0.4 is 5.30 Å². The standard InChI is InChI=1S/C23H26NO5PS/c1-5-28-30(27,29-6-2)19-14-10-9-13-18(19)24-23(31-4)20-21(25)15(3)16-11-7-8-12-17(16)22(20)26/h7-15,26H,5-6H2,1-4H3. The van der Waals surface area contributed by atoms with E-state index in [1.54, 1.807) is 50.4 Å². The molecule has 0 bridgehead atoms. The van der Waals surface area contributed by atoms with Crippen molar-refractivity contribution in [2.75, 3.05) is 19.5 Å². The van der Waals surface area contributed by atoms with E-state index in [1.807, 2.05) is 25.1 Å². The van der Waals surface area contributed by atoms with E-state index in [1.165, 1.54) is 11.8 Å². The smallest absolute Gasteiger partial charge is 0.363 e. The van der Waals surface area contributed by atoms with Gasteiger partial charge < -0.3 is 14.2 Å². The van der Waals surface area contributed by atoms with Crippen molar-refractivity contribution in [3.05, 3.63) is 65.2 Å². The zero-order valence-electron chi connectivity index (χ0n) is 18.0. The molecule has 164 valence electrons. The van der Waals surface area contributed by atoms with Gasteiger partial charge in [-0.25, -0.2) is 4.99 Å². The molecule has 1 unspecified atom stereocenters. The molecule has 0 saturated heterocycles. The monoisotopic (exact) mass is 459 g/mol. The van der Waals surface area contributed by atoms with Crippen molar-refractivity contribution in [2.24, 2.45) is 4.99 Å². The molecule has 0 fully saturated rings. The SMILES string of the molecule is CCOP(=O)(OCC)c1ccccc1N=C(SC)C1=C(O)c2ccccc2C(C)C1=O. The number of aliphatic hydroxyl groups is 1. The molecule has 2 aromatic rings. The van der Waals surface area contributed by atoms with Gasteiger partial charge >= 0.3 is 7.60 Å². The highest BCUT2D eigenvalue weighted by Crippen LogP contribution is 2.49. The summed E-state index contributed by atoms with van der Waals surface area (Å²) in [6.07, 6.45) is 1.78. The van der Waals surface area contributed by atoms with Crippen molar-refractivity contribution in [3.8, 4) is 0 Å². The Morgan fingerprint density at radius 1 is 1.10 bits per heavy atom. The van der Waals surface area contributed by atoms with E-state index in [0.717, 1.165) is 5.56 Å². The van der Waals surface area contributed by atoms with Crippen molar-refractivity contribution >= 4 is 46.9 Å². The summed E-state index contributed by atoms with van der Waals surface area (Å²) in [5.74, 6) is -0.714. The second-order valence-corrected chi connectivity index (χ2v) is 9.63. The summed E-state index contributed by atoms with van der Waals surface area (Å²) in [6, 6.07) is 14.1. The van der Waals surface area contributed by atoms with Gasteiger partial charge in [-0.05, 0) is 37.8 Å².